The second-order valence-electron chi connectivity index (χ2n) is 2.97. The van der Waals surface area contributed by atoms with Crippen molar-refractivity contribution in [2.75, 3.05) is 13.1 Å². The van der Waals surface area contributed by atoms with Gasteiger partial charge in [-0.2, -0.15) is 0 Å². The van der Waals surface area contributed by atoms with Crippen LogP contribution in [0.2, 0.25) is 0 Å². The highest BCUT2D eigenvalue weighted by Gasteiger charge is 2.17. The van der Waals surface area contributed by atoms with E-state index in [-0.39, 0.29) is 0 Å². The minimum Gasteiger partial charge on any atom is -0.488 e. The molecule has 0 saturated carbocycles. The quantitative estimate of drug-likeness (QED) is 0.672. The van der Waals surface area contributed by atoms with Crippen molar-refractivity contribution in [2.24, 2.45) is 0 Å². The maximum absolute atomic E-state index is 5.63. The lowest BCUT2D eigenvalue weighted by Crippen LogP contribution is -2.50. The van der Waals surface area contributed by atoms with Gasteiger partial charge in [0.1, 0.15) is 11.9 Å². The predicted molar refractivity (Wildman–Crippen MR) is 53.1 cm³/mol. The summed E-state index contributed by atoms with van der Waals surface area (Å²) in [6.45, 7) is 1.95. The fraction of sp³-hybridized carbons (Fsp3) is 0.333. The maximum atomic E-state index is 5.63. The summed E-state index contributed by atoms with van der Waals surface area (Å²) in [6.07, 6.45) is 0.375. The van der Waals surface area contributed by atoms with E-state index in [2.05, 4.69) is 14.6 Å². The zero-order valence-electron chi connectivity index (χ0n) is 6.79. The average molecular weight is 181 g/mol. The SMILES string of the molecule is Pc1ccc(OC2CNC2)cc1. The number of ether oxygens (including phenoxy) is 1. The van der Waals surface area contributed by atoms with Gasteiger partial charge in [-0.25, -0.2) is 0 Å². The van der Waals surface area contributed by atoms with Crippen molar-refractivity contribution in [3.63, 3.8) is 0 Å². The molecule has 0 aliphatic carbocycles. The molecule has 0 spiro atoms. The van der Waals surface area contributed by atoms with Crippen LogP contribution in [-0.4, -0.2) is 19.2 Å². The van der Waals surface area contributed by atoms with Gasteiger partial charge in [0.15, 0.2) is 0 Å². The van der Waals surface area contributed by atoms with Gasteiger partial charge in [-0.05, 0) is 17.4 Å². The molecule has 0 amide bonds. The summed E-state index contributed by atoms with van der Waals surface area (Å²) in [5, 5.41) is 4.35. The van der Waals surface area contributed by atoms with Gasteiger partial charge >= 0.3 is 0 Å². The fourth-order valence-corrected chi connectivity index (χ4v) is 1.28. The highest BCUT2D eigenvalue weighted by atomic mass is 31.0. The van der Waals surface area contributed by atoms with Gasteiger partial charge in [-0.3, -0.25) is 0 Å². The van der Waals surface area contributed by atoms with Crippen LogP contribution in [0, 0.1) is 0 Å². The monoisotopic (exact) mass is 181 g/mol. The third-order valence-corrected chi connectivity index (χ3v) is 2.31. The first-order chi connectivity index (χ1) is 5.84. The molecule has 1 unspecified atom stereocenters. The molecule has 1 atom stereocenters. The van der Waals surface area contributed by atoms with Gasteiger partial charge in [0.25, 0.3) is 0 Å². The molecule has 2 rings (SSSR count). The molecule has 12 heavy (non-hydrogen) atoms. The third-order valence-electron chi connectivity index (χ3n) is 1.93. The van der Waals surface area contributed by atoms with Gasteiger partial charge in [0.05, 0.1) is 0 Å². The molecule has 1 fully saturated rings. The second kappa shape index (κ2) is 3.42. The van der Waals surface area contributed by atoms with Crippen LogP contribution in [0.15, 0.2) is 24.3 Å². The van der Waals surface area contributed by atoms with Crippen LogP contribution in [0.4, 0.5) is 0 Å². The number of nitrogens with one attached hydrogen (secondary N) is 1. The maximum Gasteiger partial charge on any atom is 0.123 e. The van der Waals surface area contributed by atoms with Crippen molar-refractivity contribution in [2.45, 2.75) is 6.10 Å². The van der Waals surface area contributed by atoms with Crippen LogP contribution in [0.1, 0.15) is 0 Å². The van der Waals surface area contributed by atoms with Crippen LogP contribution in [0.5, 0.6) is 5.75 Å². The summed E-state index contributed by atoms with van der Waals surface area (Å²) in [4.78, 5) is 0. The summed E-state index contributed by atoms with van der Waals surface area (Å²) in [6, 6.07) is 8.07. The standard InChI is InChI=1S/C9H12NOP/c12-9-3-1-7(2-4-9)11-8-5-10-6-8/h1-4,8,10H,5-6,12H2. The van der Waals surface area contributed by atoms with Gasteiger partial charge in [-0.15, -0.1) is 9.24 Å². The Bertz CT molecular complexity index is 256. The van der Waals surface area contributed by atoms with Crippen molar-refractivity contribution >= 4 is 14.5 Å². The van der Waals surface area contributed by atoms with Crippen molar-refractivity contribution in [3.05, 3.63) is 24.3 Å². The molecule has 1 aliphatic rings. The van der Waals surface area contributed by atoms with Crippen molar-refractivity contribution < 1.29 is 4.74 Å². The van der Waals surface area contributed by atoms with E-state index in [1.807, 2.05) is 24.3 Å². The van der Waals surface area contributed by atoms with Gasteiger partial charge in [-0.1, -0.05) is 12.1 Å². The van der Waals surface area contributed by atoms with E-state index in [4.69, 9.17) is 4.74 Å². The van der Waals surface area contributed by atoms with E-state index in [9.17, 15) is 0 Å². The molecule has 1 saturated heterocycles. The van der Waals surface area contributed by atoms with E-state index in [1.165, 1.54) is 5.30 Å². The van der Waals surface area contributed by atoms with Crippen LogP contribution < -0.4 is 15.4 Å². The molecule has 64 valence electrons. The van der Waals surface area contributed by atoms with E-state index >= 15 is 0 Å². The lowest BCUT2D eigenvalue weighted by atomic mass is 10.2. The number of hydrogen-bond acceptors (Lipinski definition) is 2. The Kier molecular flexibility index (Phi) is 2.29. The zero-order chi connectivity index (χ0) is 8.39. The Hall–Kier alpha value is -0.590. The lowest BCUT2D eigenvalue weighted by Gasteiger charge is -2.27. The van der Waals surface area contributed by atoms with Crippen LogP contribution in [0.25, 0.3) is 0 Å². The van der Waals surface area contributed by atoms with Gasteiger partial charge < -0.3 is 10.1 Å². The molecule has 1 aliphatic heterocycles. The van der Waals surface area contributed by atoms with Crippen molar-refractivity contribution in [1.82, 2.24) is 5.32 Å². The molecular weight excluding hydrogens is 169 g/mol. The normalized spacial score (nSPS) is 17.1. The number of benzene rings is 1. The molecular formula is C9H12NOP. The molecule has 0 bridgehead atoms. The van der Waals surface area contributed by atoms with Gasteiger partial charge in [0.2, 0.25) is 0 Å². The zero-order valence-corrected chi connectivity index (χ0v) is 7.94. The minimum absolute atomic E-state index is 0.375. The Morgan fingerprint density at radius 3 is 2.42 bits per heavy atom. The summed E-state index contributed by atoms with van der Waals surface area (Å²) in [5.74, 6) is 0.965. The van der Waals surface area contributed by atoms with Gasteiger partial charge in [0, 0.05) is 13.1 Å². The largest absolute Gasteiger partial charge is 0.488 e. The molecule has 0 radical (unpaired) electrons. The van der Waals surface area contributed by atoms with Crippen LogP contribution in [-0.2, 0) is 0 Å². The molecule has 1 aromatic carbocycles. The topological polar surface area (TPSA) is 21.3 Å². The Morgan fingerprint density at radius 2 is 1.92 bits per heavy atom. The van der Waals surface area contributed by atoms with E-state index in [1.54, 1.807) is 0 Å². The summed E-state index contributed by atoms with van der Waals surface area (Å²) in [7, 11) is 2.65. The molecule has 2 nitrogen and oxygen atoms in total. The Balaban J connectivity index is 1.98. The summed E-state index contributed by atoms with van der Waals surface area (Å²) < 4.78 is 5.63. The minimum atomic E-state index is 0.375. The molecule has 1 N–H and O–H groups in total. The Labute approximate surface area is 74.5 Å². The first-order valence-corrected chi connectivity index (χ1v) is 4.65. The molecule has 0 aromatic heterocycles. The number of hydrogen-bond donors (Lipinski definition) is 1. The lowest BCUT2D eigenvalue weighted by molar-refractivity contribution is 0.142. The highest BCUT2D eigenvalue weighted by Crippen LogP contribution is 2.12. The van der Waals surface area contributed by atoms with Crippen LogP contribution in [0.3, 0.4) is 0 Å². The summed E-state index contributed by atoms with van der Waals surface area (Å²) >= 11 is 0. The number of rotatable bonds is 2. The van der Waals surface area contributed by atoms with E-state index < -0.39 is 0 Å². The van der Waals surface area contributed by atoms with E-state index in [0.717, 1.165) is 18.8 Å². The molecule has 3 heteroatoms. The van der Waals surface area contributed by atoms with Crippen molar-refractivity contribution in [1.29, 1.82) is 0 Å². The first kappa shape index (κ1) is 8.03. The van der Waals surface area contributed by atoms with Crippen LogP contribution >= 0.6 is 9.24 Å². The van der Waals surface area contributed by atoms with Crippen molar-refractivity contribution in [3.8, 4) is 5.75 Å². The third kappa shape index (κ3) is 1.77. The Morgan fingerprint density at radius 1 is 1.25 bits per heavy atom. The first-order valence-electron chi connectivity index (χ1n) is 4.07. The molecule has 1 heterocycles. The smallest absolute Gasteiger partial charge is 0.123 e. The highest BCUT2D eigenvalue weighted by molar-refractivity contribution is 7.27. The molecule has 1 aromatic rings. The summed E-state index contributed by atoms with van der Waals surface area (Å²) in [5.41, 5.74) is 0. The predicted octanol–water partition coefficient (Wildman–Crippen LogP) is 0.538. The van der Waals surface area contributed by atoms with E-state index in [0.29, 0.717) is 6.10 Å². The fourth-order valence-electron chi connectivity index (χ4n) is 1.08. The second-order valence-corrected chi connectivity index (χ2v) is 3.63. The average Bonchev–Trinajstić information content (AvgIpc) is 2.00.